The molecule has 0 aromatic heterocycles. The number of hydrogen-bond donors (Lipinski definition) is 1. The number of amides is 1. The zero-order valence-electron chi connectivity index (χ0n) is 17.2. The van der Waals surface area contributed by atoms with Gasteiger partial charge < -0.3 is 15.0 Å². The molecule has 3 rings (SSSR count). The van der Waals surface area contributed by atoms with Crippen molar-refractivity contribution < 1.29 is 17.9 Å². The van der Waals surface area contributed by atoms with E-state index in [1.54, 1.807) is 29.2 Å². The summed E-state index contributed by atoms with van der Waals surface area (Å²) in [7, 11) is -2.61. The molecule has 1 aliphatic heterocycles. The van der Waals surface area contributed by atoms with Gasteiger partial charge in [0, 0.05) is 31.7 Å². The Kier molecular flexibility index (Phi) is 8.18. The van der Waals surface area contributed by atoms with Crippen molar-refractivity contribution in [3.8, 4) is 5.75 Å². The molecule has 0 atom stereocenters. The van der Waals surface area contributed by atoms with Gasteiger partial charge in [0.05, 0.1) is 23.7 Å². The first kappa shape index (κ1) is 23.8. The molecule has 0 spiro atoms. The third-order valence-electron chi connectivity index (χ3n) is 5.08. The minimum absolute atomic E-state index is 0.0486. The van der Waals surface area contributed by atoms with Crippen LogP contribution >= 0.6 is 23.2 Å². The summed E-state index contributed by atoms with van der Waals surface area (Å²) < 4.78 is 33.6. The van der Waals surface area contributed by atoms with Crippen molar-refractivity contribution in [2.75, 3.05) is 39.8 Å². The van der Waals surface area contributed by atoms with E-state index in [1.165, 1.54) is 25.3 Å². The minimum atomic E-state index is -4.12. The molecule has 0 unspecified atom stereocenters. The van der Waals surface area contributed by atoms with E-state index in [9.17, 15) is 13.2 Å². The van der Waals surface area contributed by atoms with Crippen LogP contribution < -0.4 is 10.1 Å². The van der Waals surface area contributed by atoms with Crippen LogP contribution in [-0.4, -0.2) is 63.4 Å². The Balaban J connectivity index is 1.97. The maximum atomic E-state index is 13.6. The maximum Gasteiger partial charge on any atom is 0.245 e. The van der Waals surface area contributed by atoms with E-state index in [-0.39, 0.29) is 33.9 Å². The van der Waals surface area contributed by atoms with Gasteiger partial charge in [0.1, 0.15) is 10.6 Å². The van der Waals surface area contributed by atoms with E-state index < -0.39 is 10.0 Å². The van der Waals surface area contributed by atoms with Crippen LogP contribution in [0.15, 0.2) is 47.4 Å². The molecule has 7 nitrogen and oxygen atoms in total. The number of nitrogens with one attached hydrogen (secondary N) is 1. The average molecular weight is 486 g/mol. The molecule has 0 saturated carbocycles. The van der Waals surface area contributed by atoms with Crippen LogP contribution in [-0.2, 0) is 21.4 Å². The molecular weight excluding hydrogens is 461 g/mol. The standard InChI is InChI=1S/C21H25Cl2N3O4S/c1-30-18-8-3-2-6-16(18)14-26(15-20(27)25-12-5-10-24-11-13-25)31(28,29)19-9-4-7-17(22)21(19)23/h2-4,6-9,24H,5,10-15H2,1H3. The number of methoxy groups -OCH3 is 1. The van der Waals surface area contributed by atoms with Crippen molar-refractivity contribution in [3.63, 3.8) is 0 Å². The first-order valence-corrected chi connectivity index (χ1v) is 12.1. The summed E-state index contributed by atoms with van der Waals surface area (Å²) in [6.45, 7) is 2.23. The molecule has 2 aromatic rings. The number of carbonyl (C=O) groups excluding carboxylic acids is 1. The number of para-hydroxylation sites is 1. The Hall–Kier alpha value is -1.84. The number of nitrogens with zero attached hydrogens (tertiary/aromatic N) is 2. The van der Waals surface area contributed by atoms with Crippen LogP contribution in [0.25, 0.3) is 0 Å². The Morgan fingerprint density at radius 2 is 1.90 bits per heavy atom. The van der Waals surface area contributed by atoms with Crippen LogP contribution in [0, 0.1) is 0 Å². The number of sulfonamides is 1. The molecule has 1 fully saturated rings. The van der Waals surface area contributed by atoms with Crippen molar-refractivity contribution in [1.29, 1.82) is 0 Å². The van der Waals surface area contributed by atoms with Crippen molar-refractivity contribution >= 4 is 39.1 Å². The zero-order chi connectivity index (χ0) is 22.4. The largest absolute Gasteiger partial charge is 0.496 e. The van der Waals surface area contributed by atoms with Gasteiger partial charge in [0.2, 0.25) is 15.9 Å². The highest BCUT2D eigenvalue weighted by Gasteiger charge is 2.31. The number of hydrogen-bond acceptors (Lipinski definition) is 5. The smallest absolute Gasteiger partial charge is 0.245 e. The topological polar surface area (TPSA) is 79.0 Å². The summed E-state index contributed by atoms with van der Waals surface area (Å²) >= 11 is 12.3. The fraction of sp³-hybridized carbons (Fsp3) is 0.381. The third kappa shape index (κ3) is 5.70. The summed E-state index contributed by atoms with van der Waals surface area (Å²) in [6.07, 6.45) is 0.811. The average Bonchev–Trinajstić information content (AvgIpc) is 3.05. The highest BCUT2D eigenvalue weighted by atomic mass is 35.5. The normalized spacial score (nSPS) is 15.0. The molecule has 1 heterocycles. The lowest BCUT2D eigenvalue weighted by atomic mass is 10.2. The van der Waals surface area contributed by atoms with Gasteiger partial charge in [-0.1, -0.05) is 47.5 Å². The van der Waals surface area contributed by atoms with E-state index >= 15 is 0 Å². The van der Waals surface area contributed by atoms with Gasteiger partial charge in [0.15, 0.2) is 0 Å². The first-order chi connectivity index (χ1) is 14.8. The summed E-state index contributed by atoms with van der Waals surface area (Å²) in [5.41, 5.74) is 0.636. The van der Waals surface area contributed by atoms with E-state index in [4.69, 9.17) is 27.9 Å². The lowest BCUT2D eigenvalue weighted by molar-refractivity contribution is -0.131. The molecular formula is C21H25Cl2N3O4S. The summed E-state index contributed by atoms with van der Waals surface area (Å²) in [4.78, 5) is 14.6. The number of benzene rings is 2. The van der Waals surface area contributed by atoms with Crippen LogP contribution in [0.4, 0.5) is 0 Å². The second kappa shape index (κ2) is 10.7. The van der Waals surface area contributed by atoms with E-state index in [0.29, 0.717) is 30.9 Å². The Morgan fingerprint density at radius 3 is 2.68 bits per heavy atom. The lowest BCUT2D eigenvalue weighted by Gasteiger charge is -2.27. The van der Waals surface area contributed by atoms with Gasteiger partial charge in [-0.2, -0.15) is 4.31 Å². The predicted molar refractivity (Wildman–Crippen MR) is 121 cm³/mol. The second-order valence-corrected chi connectivity index (χ2v) is 9.81. The fourth-order valence-corrected chi connectivity index (χ4v) is 5.52. The van der Waals surface area contributed by atoms with Gasteiger partial charge in [-0.3, -0.25) is 4.79 Å². The summed E-state index contributed by atoms with van der Waals surface area (Å²) in [5.74, 6) is 0.270. The summed E-state index contributed by atoms with van der Waals surface area (Å²) in [5, 5.41) is 3.30. The molecule has 1 amide bonds. The number of ether oxygens (including phenoxy) is 1. The molecule has 1 saturated heterocycles. The number of halogens is 2. The SMILES string of the molecule is COc1ccccc1CN(CC(=O)N1CCCNCC1)S(=O)(=O)c1cccc(Cl)c1Cl. The van der Waals surface area contributed by atoms with Gasteiger partial charge in [-0.05, 0) is 31.2 Å². The van der Waals surface area contributed by atoms with Crippen LogP contribution in [0.3, 0.4) is 0 Å². The van der Waals surface area contributed by atoms with E-state index in [1.807, 2.05) is 0 Å². The number of carbonyl (C=O) groups is 1. The number of rotatable bonds is 7. The molecule has 0 radical (unpaired) electrons. The Morgan fingerprint density at radius 1 is 1.13 bits per heavy atom. The minimum Gasteiger partial charge on any atom is -0.496 e. The highest BCUT2D eigenvalue weighted by Crippen LogP contribution is 2.32. The molecule has 31 heavy (non-hydrogen) atoms. The van der Waals surface area contributed by atoms with Crippen molar-refractivity contribution in [3.05, 3.63) is 58.1 Å². The monoisotopic (exact) mass is 485 g/mol. The van der Waals surface area contributed by atoms with Crippen LogP contribution in [0.1, 0.15) is 12.0 Å². The predicted octanol–water partition coefficient (Wildman–Crippen LogP) is 3.01. The molecule has 10 heteroatoms. The highest BCUT2D eigenvalue weighted by molar-refractivity contribution is 7.89. The summed E-state index contributed by atoms with van der Waals surface area (Å²) in [6, 6.07) is 11.5. The van der Waals surface area contributed by atoms with Crippen molar-refractivity contribution in [2.24, 2.45) is 0 Å². The van der Waals surface area contributed by atoms with E-state index in [0.717, 1.165) is 17.3 Å². The zero-order valence-corrected chi connectivity index (χ0v) is 19.5. The maximum absolute atomic E-state index is 13.6. The van der Waals surface area contributed by atoms with E-state index in [2.05, 4.69) is 5.32 Å². The molecule has 0 bridgehead atoms. The molecule has 2 aromatic carbocycles. The molecule has 0 aliphatic carbocycles. The Bertz CT molecular complexity index is 1030. The third-order valence-corrected chi connectivity index (χ3v) is 7.84. The fourth-order valence-electron chi connectivity index (χ4n) is 3.42. The first-order valence-electron chi connectivity index (χ1n) is 9.89. The van der Waals surface area contributed by atoms with Gasteiger partial charge >= 0.3 is 0 Å². The lowest BCUT2D eigenvalue weighted by Crippen LogP contribution is -2.43. The Labute approximate surface area is 192 Å². The van der Waals surface area contributed by atoms with Crippen molar-refractivity contribution in [1.82, 2.24) is 14.5 Å². The second-order valence-electron chi connectivity index (χ2n) is 7.12. The van der Waals surface area contributed by atoms with Gasteiger partial charge in [-0.15, -0.1) is 0 Å². The van der Waals surface area contributed by atoms with Crippen LogP contribution in [0.2, 0.25) is 10.0 Å². The van der Waals surface area contributed by atoms with Crippen molar-refractivity contribution in [2.45, 2.75) is 17.9 Å². The van der Waals surface area contributed by atoms with Gasteiger partial charge in [-0.25, -0.2) is 8.42 Å². The molecule has 1 aliphatic rings. The molecule has 1 N–H and O–H groups in total. The quantitative estimate of drug-likeness (QED) is 0.651. The van der Waals surface area contributed by atoms with Gasteiger partial charge in [0.25, 0.3) is 0 Å². The molecule has 168 valence electrons. The van der Waals surface area contributed by atoms with Crippen LogP contribution in [0.5, 0.6) is 5.75 Å².